The molecule has 126 valence electrons. The second-order valence-corrected chi connectivity index (χ2v) is 5.30. The van der Waals surface area contributed by atoms with E-state index in [1.54, 1.807) is 13.1 Å². The highest BCUT2D eigenvalue weighted by Gasteiger charge is 2.06. The zero-order valence-corrected chi connectivity index (χ0v) is 14.4. The minimum atomic E-state index is -0.0794. The maximum absolute atomic E-state index is 11.7. The third kappa shape index (κ3) is 6.55. The number of unbranched alkanes of at least 4 members (excludes halogenated alkanes) is 1. The van der Waals surface area contributed by atoms with Crippen LogP contribution in [0.2, 0.25) is 0 Å². The van der Waals surface area contributed by atoms with Gasteiger partial charge in [-0.15, -0.1) is 6.58 Å². The number of benzene rings is 1. The van der Waals surface area contributed by atoms with Crippen molar-refractivity contribution < 1.29 is 4.79 Å². The molecule has 0 radical (unpaired) electrons. The second kappa shape index (κ2) is 10.4. The molecule has 0 aromatic heterocycles. The van der Waals surface area contributed by atoms with Gasteiger partial charge in [0.05, 0.1) is 6.54 Å². The van der Waals surface area contributed by atoms with Crippen molar-refractivity contribution in [2.24, 2.45) is 4.99 Å². The molecule has 23 heavy (non-hydrogen) atoms. The van der Waals surface area contributed by atoms with Gasteiger partial charge in [0.1, 0.15) is 0 Å². The summed E-state index contributed by atoms with van der Waals surface area (Å²) in [4.78, 5) is 18.5. The van der Waals surface area contributed by atoms with Crippen LogP contribution < -0.4 is 10.6 Å². The van der Waals surface area contributed by atoms with Gasteiger partial charge < -0.3 is 15.5 Å². The first-order valence-corrected chi connectivity index (χ1v) is 8.03. The lowest BCUT2D eigenvalue weighted by atomic mass is 10.1. The Morgan fingerprint density at radius 2 is 2.22 bits per heavy atom. The molecule has 5 heteroatoms. The average Bonchev–Trinajstić information content (AvgIpc) is 2.58. The van der Waals surface area contributed by atoms with Gasteiger partial charge in [-0.25, -0.2) is 4.99 Å². The lowest BCUT2D eigenvalue weighted by Crippen LogP contribution is -2.39. The zero-order chi connectivity index (χ0) is 17.1. The molecule has 0 fully saturated rings. The highest BCUT2D eigenvalue weighted by atomic mass is 16.1. The summed E-state index contributed by atoms with van der Waals surface area (Å²) in [5.41, 5.74) is 1.67. The Morgan fingerprint density at radius 3 is 2.87 bits per heavy atom. The van der Waals surface area contributed by atoms with E-state index in [4.69, 9.17) is 0 Å². The summed E-state index contributed by atoms with van der Waals surface area (Å²) >= 11 is 0. The smallest absolute Gasteiger partial charge is 0.251 e. The van der Waals surface area contributed by atoms with Crippen LogP contribution in [0.15, 0.2) is 41.9 Å². The summed E-state index contributed by atoms with van der Waals surface area (Å²) in [6.45, 7) is 8.09. The monoisotopic (exact) mass is 316 g/mol. The summed E-state index contributed by atoms with van der Waals surface area (Å²) in [7, 11) is 3.67. The first-order chi connectivity index (χ1) is 11.1. The Bertz CT molecular complexity index is 540. The van der Waals surface area contributed by atoms with Crippen LogP contribution in [-0.4, -0.2) is 44.0 Å². The van der Waals surface area contributed by atoms with E-state index in [0.717, 1.165) is 37.5 Å². The van der Waals surface area contributed by atoms with E-state index in [2.05, 4.69) is 34.0 Å². The van der Waals surface area contributed by atoms with E-state index >= 15 is 0 Å². The lowest BCUT2D eigenvalue weighted by Gasteiger charge is -2.21. The molecule has 0 saturated carbocycles. The molecule has 0 spiro atoms. The molecule has 0 atom stereocenters. The summed E-state index contributed by atoms with van der Waals surface area (Å²) in [5.74, 6) is 0.797. The Labute approximate surface area is 139 Å². The molecule has 0 aliphatic carbocycles. The fraction of sp³-hybridized carbons (Fsp3) is 0.444. The van der Waals surface area contributed by atoms with Crippen LogP contribution in [0.1, 0.15) is 35.7 Å². The van der Waals surface area contributed by atoms with Crippen molar-refractivity contribution in [3.8, 4) is 0 Å². The van der Waals surface area contributed by atoms with Gasteiger partial charge in [0, 0.05) is 32.7 Å². The van der Waals surface area contributed by atoms with Crippen LogP contribution in [0, 0.1) is 0 Å². The number of hydrogen-bond donors (Lipinski definition) is 2. The largest absolute Gasteiger partial charge is 0.357 e. The van der Waals surface area contributed by atoms with Crippen LogP contribution in [0.4, 0.5) is 0 Å². The fourth-order valence-electron chi connectivity index (χ4n) is 2.17. The van der Waals surface area contributed by atoms with E-state index in [1.165, 1.54) is 0 Å². The Morgan fingerprint density at radius 1 is 1.43 bits per heavy atom. The lowest BCUT2D eigenvalue weighted by molar-refractivity contribution is 0.0963. The number of allylic oxidation sites excluding steroid dienone is 1. The summed E-state index contributed by atoms with van der Waals surface area (Å²) in [6, 6.07) is 7.55. The molecule has 0 saturated heterocycles. The van der Waals surface area contributed by atoms with Crippen molar-refractivity contribution >= 4 is 11.9 Å². The number of aliphatic imine (C=N–C) groups is 1. The summed E-state index contributed by atoms with van der Waals surface area (Å²) in [6.07, 6.45) is 3.98. The Kier molecular flexibility index (Phi) is 8.50. The second-order valence-electron chi connectivity index (χ2n) is 5.30. The first-order valence-electron chi connectivity index (χ1n) is 8.03. The van der Waals surface area contributed by atoms with E-state index in [1.807, 2.05) is 31.3 Å². The molecule has 0 heterocycles. The van der Waals surface area contributed by atoms with Gasteiger partial charge >= 0.3 is 0 Å². The average molecular weight is 316 g/mol. The van der Waals surface area contributed by atoms with Crippen molar-refractivity contribution in [1.82, 2.24) is 15.5 Å². The SMILES string of the molecule is C=CCCCN(C)C(=NCc1cccc(C(=O)NC)c1)NCC. The number of nitrogens with one attached hydrogen (secondary N) is 2. The number of carbonyl (C=O) groups excluding carboxylic acids is 1. The van der Waals surface area contributed by atoms with Gasteiger partial charge in [-0.1, -0.05) is 18.2 Å². The molecule has 1 aromatic rings. The molecule has 0 aliphatic rings. The molecular formula is C18H28N4O. The standard InChI is InChI=1S/C18H28N4O/c1-5-7-8-12-22(4)18(20-6-2)21-14-15-10-9-11-16(13-15)17(23)19-3/h5,9-11,13H,1,6-8,12,14H2,2-4H3,(H,19,23)(H,20,21). The van der Waals surface area contributed by atoms with Gasteiger partial charge in [0.2, 0.25) is 0 Å². The third-order valence-corrected chi connectivity index (χ3v) is 3.43. The van der Waals surface area contributed by atoms with Crippen LogP contribution >= 0.6 is 0 Å². The zero-order valence-electron chi connectivity index (χ0n) is 14.4. The highest BCUT2D eigenvalue weighted by molar-refractivity contribution is 5.94. The summed E-state index contributed by atoms with van der Waals surface area (Å²) in [5, 5.41) is 5.94. The Hall–Kier alpha value is -2.30. The number of rotatable bonds is 8. The fourth-order valence-corrected chi connectivity index (χ4v) is 2.17. The predicted octanol–water partition coefficient (Wildman–Crippen LogP) is 2.41. The Balaban J connectivity index is 2.76. The van der Waals surface area contributed by atoms with Gasteiger partial charge in [0.25, 0.3) is 5.91 Å². The predicted molar refractivity (Wildman–Crippen MR) is 96.7 cm³/mol. The van der Waals surface area contributed by atoms with Crippen molar-refractivity contribution in [2.75, 3.05) is 27.2 Å². The minimum Gasteiger partial charge on any atom is -0.357 e. The van der Waals surface area contributed by atoms with Crippen LogP contribution in [0.25, 0.3) is 0 Å². The quantitative estimate of drug-likeness (QED) is 0.335. The molecule has 0 bridgehead atoms. The number of nitrogens with zero attached hydrogens (tertiary/aromatic N) is 2. The van der Waals surface area contributed by atoms with Gasteiger partial charge in [-0.2, -0.15) is 0 Å². The molecule has 0 aliphatic heterocycles. The number of amides is 1. The van der Waals surface area contributed by atoms with Gasteiger partial charge in [0.15, 0.2) is 5.96 Å². The van der Waals surface area contributed by atoms with Crippen LogP contribution in [0.3, 0.4) is 0 Å². The number of hydrogen-bond acceptors (Lipinski definition) is 2. The van der Waals surface area contributed by atoms with E-state index < -0.39 is 0 Å². The van der Waals surface area contributed by atoms with Crippen molar-refractivity contribution in [3.05, 3.63) is 48.0 Å². The topological polar surface area (TPSA) is 56.7 Å². The maximum Gasteiger partial charge on any atom is 0.251 e. The summed E-state index contributed by atoms with van der Waals surface area (Å²) < 4.78 is 0. The van der Waals surface area contributed by atoms with Gasteiger partial charge in [-0.05, 0) is 37.5 Å². The highest BCUT2D eigenvalue weighted by Crippen LogP contribution is 2.07. The molecule has 5 nitrogen and oxygen atoms in total. The van der Waals surface area contributed by atoms with Crippen LogP contribution in [0.5, 0.6) is 0 Å². The number of guanidine groups is 1. The van der Waals surface area contributed by atoms with Crippen molar-refractivity contribution in [1.29, 1.82) is 0 Å². The number of carbonyl (C=O) groups is 1. The van der Waals surface area contributed by atoms with Gasteiger partial charge in [-0.3, -0.25) is 4.79 Å². The van der Waals surface area contributed by atoms with Crippen molar-refractivity contribution in [3.63, 3.8) is 0 Å². The molecule has 2 N–H and O–H groups in total. The van der Waals surface area contributed by atoms with E-state index in [9.17, 15) is 4.79 Å². The first kappa shape index (κ1) is 18.7. The minimum absolute atomic E-state index is 0.0794. The third-order valence-electron chi connectivity index (χ3n) is 3.43. The maximum atomic E-state index is 11.7. The van der Waals surface area contributed by atoms with E-state index in [0.29, 0.717) is 12.1 Å². The molecule has 0 unspecified atom stereocenters. The normalized spacial score (nSPS) is 11.0. The molecule has 1 aromatic carbocycles. The molecular weight excluding hydrogens is 288 g/mol. The van der Waals surface area contributed by atoms with E-state index in [-0.39, 0.29) is 5.91 Å². The van der Waals surface area contributed by atoms with Crippen LogP contribution in [-0.2, 0) is 6.54 Å². The molecule has 1 amide bonds. The van der Waals surface area contributed by atoms with Crippen molar-refractivity contribution in [2.45, 2.75) is 26.3 Å². The molecule has 1 rings (SSSR count).